The number of amidine groups is 1. The molecule has 2 unspecified atom stereocenters. The minimum absolute atomic E-state index is 0.0542. The van der Waals surface area contributed by atoms with Gasteiger partial charge in [0.1, 0.15) is 11.3 Å². The van der Waals surface area contributed by atoms with Crippen LogP contribution in [0.2, 0.25) is 5.02 Å². The first-order valence-corrected chi connectivity index (χ1v) is 13.2. The number of amides is 1. The highest BCUT2D eigenvalue weighted by Crippen LogP contribution is 2.44. The van der Waals surface area contributed by atoms with Crippen LogP contribution >= 0.6 is 11.6 Å². The van der Waals surface area contributed by atoms with Gasteiger partial charge in [-0.05, 0) is 55.5 Å². The fraction of sp³-hybridized carbons (Fsp3) is 0.464. The van der Waals surface area contributed by atoms with Crippen molar-refractivity contribution in [2.45, 2.75) is 75.9 Å². The Balaban J connectivity index is 1.47. The number of carboxylic acid groups (broad SMARTS) is 1. The van der Waals surface area contributed by atoms with Crippen molar-refractivity contribution in [2.75, 3.05) is 7.05 Å². The van der Waals surface area contributed by atoms with Gasteiger partial charge >= 0.3 is 11.9 Å². The van der Waals surface area contributed by atoms with Crippen LogP contribution in [0.1, 0.15) is 86.2 Å². The number of benzene rings is 2. The molecule has 2 aliphatic heterocycles. The molecule has 0 aromatic heterocycles. The van der Waals surface area contributed by atoms with E-state index in [2.05, 4.69) is 5.48 Å². The van der Waals surface area contributed by atoms with Crippen LogP contribution in [-0.2, 0) is 9.63 Å². The molecular formula is C28H33ClN3O4+. The Bertz CT molecular complexity index is 1190. The number of unbranched alkanes of at least 4 members (excludes halogenated alkanes) is 1. The fourth-order valence-corrected chi connectivity index (χ4v) is 5.95. The molecule has 2 fully saturated rings. The molecule has 2 aromatic rings. The molecule has 36 heavy (non-hydrogen) atoms. The first-order chi connectivity index (χ1) is 17.3. The van der Waals surface area contributed by atoms with Gasteiger partial charge in [0.15, 0.2) is 0 Å². The Hall–Kier alpha value is -2.58. The van der Waals surface area contributed by atoms with Crippen LogP contribution in [0.25, 0.3) is 0 Å². The number of hydrogen-bond donors (Lipinski definition) is 2. The summed E-state index contributed by atoms with van der Waals surface area (Å²) in [5.74, 6) is -0.165. The van der Waals surface area contributed by atoms with Crippen LogP contribution in [0, 0.1) is 0 Å². The van der Waals surface area contributed by atoms with E-state index in [1.165, 1.54) is 19.3 Å². The predicted molar refractivity (Wildman–Crippen MR) is 141 cm³/mol. The highest BCUT2D eigenvalue weighted by atomic mass is 35.5. The van der Waals surface area contributed by atoms with Crippen molar-refractivity contribution in [3.05, 3.63) is 58.6 Å². The molecule has 2 heterocycles. The normalized spacial score (nSPS) is 25.0. The van der Waals surface area contributed by atoms with Crippen LogP contribution in [0.3, 0.4) is 0 Å². The largest absolute Gasteiger partial charge is 0.481 e. The van der Waals surface area contributed by atoms with Gasteiger partial charge in [-0.2, -0.15) is 15.0 Å². The van der Waals surface area contributed by atoms with Gasteiger partial charge in [0.2, 0.25) is 5.84 Å². The summed E-state index contributed by atoms with van der Waals surface area (Å²) < 4.78 is -0.0789. The quantitative estimate of drug-likeness (QED) is 0.329. The summed E-state index contributed by atoms with van der Waals surface area (Å²) in [6.45, 7) is 0. The van der Waals surface area contributed by atoms with Gasteiger partial charge in [0.05, 0.1) is 24.4 Å². The lowest BCUT2D eigenvalue weighted by Crippen LogP contribution is -2.56. The van der Waals surface area contributed by atoms with E-state index >= 15 is 0 Å². The molecule has 1 saturated heterocycles. The van der Waals surface area contributed by atoms with Gasteiger partial charge in [0, 0.05) is 36.4 Å². The molecule has 2 aromatic carbocycles. The SMILES string of the molecule is C[N+]1(c2ccc(Cl)cc2)C(=O)c2ccc(C3CC4(CCCCC4)ON3)cc2N=C1CCCCC(=O)O. The van der Waals surface area contributed by atoms with Gasteiger partial charge in [0.25, 0.3) is 0 Å². The molecule has 0 bridgehead atoms. The van der Waals surface area contributed by atoms with Crippen molar-refractivity contribution in [1.29, 1.82) is 0 Å². The number of quaternary nitrogens is 1. The average molecular weight is 511 g/mol. The van der Waals surface area contributed by atoms with Crippen molar-refractivity contribution in [3.63, 3.8) is 0 Å². The van der Waals surface area contributed by atoms with Crippen LogP contribution in [0.15, 0.2) is 47.5 Å². The molecule has 2 N–H and O–H groups in total. The number of halogens is 1. The lowest BCUT2D eigenvalue weighted by molar-refractivity contribution is -0.137. The second kappa shape index (κ2) is 10.1. The number of carbonyl (C=O) groups is 2. The smallest absolute Gasteiger partial charge is 0.358 e. The van der Waals surface area contributed by atoms with E-state index in [0.29, 0.717) is 41.4 Å². The third-order valence-electron chi connectivity index (χ3n) is 7.97. The van der Waals surface area contributed by atoms with Gasteiger partial charge in [-0.1, -0.05) is 36.9 Å². The number of carboxylic acids is 1. The number of carbonyl (C=O) groups excluding carboxylic acids is 1. The Labute approximate surface area is 216 Å². The molecule has 5 rings (SSSR count). The lowest BCUT2D eigenvalue weighted by atomic mass is 9.80. The van der Waals surface area contributed by atoms with Gasteiger partial charge in [-0.3, -0.25) is 9.63 Å². The minimum atomic E-state index is -0.816. The zero-order valence-corrected chi connectivity index (χ0v) is 21.4. The zero-order chi connectivity index (χ0) is 25.3. The van der Waals surface area contributed by atoms with E-state index in [1.807, 2.05) is 37.4 Å². The molecule has 1 aliphatic carbocycles. The second-order valence-electron chi connectivity index (χ2n) is 10.4. The zero-order valence-electron chi connectivity index (χ0n) is 20.6. The molecule has 3 aliphatic rings. The first kappa shape index (κ1) is 25.1. The van der Waals surface area contributed by atoms with Crippen LogP contribution in [0.5, 0.6) is 0 Å². The number of rotatable bonds is 7. The van der Waals surface area contributed by atoms with Gasteiger partial charge < -0.3 is 5.11 Å². The molecule has 2 atom stereocenters. The topological polar surface area (TPSA) is 88.0 Å². The number of nitrogens with one attached hydrogen (secondary N) is 1. The highest BCUT2D eigenvalue weighted by Gasteiger charge is 2.46. The Morgan fingerprint density at radius 3 is 2.64 bits per heavy atom. The third kappa shape index (κ3) is 4.73. The molecule has 1 spiro atoms. The molecule has 1 saturated carbocycles. The number of fused-ring (bicyclic) bond motifs is 1. The Kier molecular flexibility index (Phi) is 7.01. The van der Waals surface area contributed by atoms with E-state index < -0.39 is 5.97 Å². The lowest BCUT2D eigenvalue weighted by Gasteiger charge is -2.35. The van der Waals surface area contributed by atoms with E-state index in [0.717, 1.165) is 30.5 Å². The van der Waals surface area contributed by atoms with Crippen molar-refractivity contribution in [1.82, 2.24) is 9.96 Å². The van der Waals surface area contributed by atoms with Crippen molar-refractivity contribution < 1.29 is 19.5 Å². The fourth-order valence-electron chi connectivity index (χ4n) is 5.82. The number of hydrogen-bond acceptors (Lipinski definition) is 5. The van der Waals surface area contributed by atoms with Crippen LogP contribution < -0.4 is 9.96 Å². The maximum atomic E-state index is 14.0. The average Bonchev–Trinajstić information content (AvgIpc) is 3.28. The summed E-state index contributed by atoms with van der Waals surface area (Å²) in [6.07, 6.45) is 8.53. The van der Waals surface area contributed by atoms with E-state index in [-0.39, 0.29) is 28.5 Å². The van der Waals surface area contributed by atoms with Crippen LogP contribution in [-0.4, -0.2) is 35.5 Å². The van der Waals surface area contributed by atoms with E-state index in [1.54, 1.807) is 12.1 Å². The summed E-state index contributed by atoms with van der Waals surface area (Å²) in [7, 11) is 1.86. The molecule has 8 heteroatoms. The molecule has 7 nitrogen and oxygen atoms in total. The highest BCUT2D eigenvalue weighted by molar-refractivity contribution is 6.30. The summed E-state index contributed by atoms with van der Waals surface area (Å²) in [6, 6.07) is 13.3. The van der Waals surface area contributed by atoms with Crippen molar-refractivity contribution in [3.8, 4) is 0 Å². The number of aliphatic carboxylic acids is 1. The second-order valence-corrected chi connectivity index (χ2v) is 10.8. The molecule has 190 valence electrons. The van der Waals surface area contributed by atoms with Crippen LogP contribution in [0.4, 0.5) is 11.4 Å². The number of nitrogens with zero attached hydrogens (tertiary/aromatic N) is 2. The monoisotopic (exact) mass is 510 g/mol. The number of aliphatic imine (C=N–C) groups is 1. The predicted octanol–water partition coefficient (Wildman–Crippen LogP) is 6.48. The Morgan fingerprint density at radius 2 is 1.92 bits per heavy atom. The van der Waals surface area contributed by atoms with Gasteiger partial charge in [-0.15, -0.1) is 0 Å². The summed E-state index contributed by atoms with van der Waals surface area (Å²) in [5.41, 5.74) is 6.27. The standard InChI is InChI=1S/C28H32ClN3O4/c1-32(21-12-10-20(29)11-13-21)25(7-3-4-8-26(33)34)30-23-17-19(9-14-22(23)27(32)35)24-18-28(36-31-24)15-5-2-6-16-28/h9-14,17,24,31H,2-8,15-16,18H2,1H3/p+1. The summed E-state index contributed by atoms with van der Waals surface area (Å²) >= 11 is 6.12. The van der Waals surface area contributed by atoms with E-state index in [4.69, 9.17) is 26.5 Å². The minimum Gasteiger partial charge on any atom is -0.481 e. The van der Waals surface area contributed by atoms with Crippen molar-refractivity contribution in [2.24, 2.45) is 4.99 Å². The molecule has 1 amide bonds. The number of hydroxylamine groups is 1. The maximum absolute atomic E-state index is 14.0. The summed E-state index contributed by atoms with van der Waals surface area (Å²) in [4.78, 5) is 36.1. The molecule has 0 radical (unpaired) electrons. The summed E-state index contributed by atoms with van der Waals surface area (Å²) in [5, 5.41) is 9.64. The van der Waals surface area contributed by atoms with E-state index in [9.17, 15) is 9.59 Å². The third-order valence-corrected chi connectivity index (χ3v) is 8.22. The first-order valence-electron chi connectivity index (χ1n) is 12.9. The Morgan fingerprint density at radius 1 is 1.17 bits per heavy atom. The van der Waals surface area contributed by atoms with Gasteiger partial charge in [-0.25, -0.2) is 4.79 Å². The van der Waals surface area contributed by atoms with Crippen molar-refractivity contribution >= 4 is 40.7 Å². The maximum Gasteiger partial charge on any atom is 0.358 e. The molecular weight excluding hydrogens is 478 g/mol.